The summed E-state index contributed by atoms with van der Waals surface area (Å²) >= 11 is 0. The minimum atomic E-state index is 0.182. The summed E-state index contributed by atoms with van der Waals surface area (Å²) in [5.41, 5.74) is 9.53. The van der Waals surface area contributed by atoms with Gasteiger partial charge in [-0.05, 0) is 35.4 Å². The molecule has 3 rings (SSSR count). The number of anilines is 1. The summed E-state index contributed by atoms with van der Waals surface area (Å²) in [7, 11) is 0. The van der Waals surface area contributed by atoms with Crippen LogP contribution in [0.4, 0.5) is 5.82 Å². The van der Waals surface area contributed by atoms with Crippen LogP contribution in [0.5, 0.6) is 0 Å². The third kappa shape index (κ3) is 2.05. The Labute approximate surface area is 113 Å². The van der Waals surface area contributed by atoms with E-state index in [-0.39, 0.29) is 5.41 Å². The maximum Gasteiger partial charge on any atom is 0.139 e. The first-order valence-electron chi connectivity index (χ1n) is 6.60. The highest BCUT2D eigenvalue weighted by Gasteiger charge is 2.18. The second kappa shape index (κ2) is 3.98. The summed E-state index contributed by atoms with van der Waals surface area (Å²) in [6, 6.07) is 12.4. The van der Waals surface area contributed by atoms with Gasteiger partial charge in [0.25, 0.3) is 0 Å². The first-order chi connectivity index (χ1) is 8.96. The lowest BCUT2D eigenvalue weighted by atomic mass is 9.90. The van der Waals surface area contributed by atoms with E-state index < -0.39 is 0 Å². The van der Waals surface area contributed by atoms with Crippen LogP contribution >= 0.6 is 0 Å². The van der Waals surface area contributed by atoms with Gasteiger partial charge >= 0.3 is 0 Å². The summed E-state index contributed by atoms with van der Waals surface area (Å²) in [4.78, 5) is 4.69. The predicted octanol–water partition coefficient (Wildman–Crippen LogP) is 3.66. The summed E-state index contributed by atoms with van der Waals surface area (Å²) in [6.07, 6.45) is 0.884. The van der Waals surface area contributed by atoms with Crippen molar-refractivity contribution in [2.45, 2.75) is 27.2 Å². The third-order valence-corrected chi connectivity index (χ3v) is 3.30. The topological polar surface area (TPSA) is 43.3 Å². The fraction of sp³-hybridized carbons (Fsp3) is 0.312. The molecule has 0 fully saturated rings. The number of para-hydroxylation sites is 1. The molecule has 0 aliphatic heterocycles. The van der Waals surface area contributed by atoms with E-state index in [1.54, 1.807) is 0 Å². The van der Waals surface area contributed by atoms with Crippen LogP contribution in [0, 0.1) is 5.41 Å². The van der Waals surface area contributed by atoms with E-state index >= 15 is 0 Å². The summed E-state index contributed by atoms with van der Waals surface area (Å²) in [5.74, 6) is 0.765. The van der Waals surface area contributed by atoms with Crippen molar-refractivity contribution < 1.29 is 0 Å². The Morgan fingerprint density at radius 3 is 2.58 bits per heavy atom. The summed E-state index contributed by atoms with van der Waals surface area (Å²) in [6.45, 7) is 6.61. The van der Waals surface area contributed by atoms with Crippen LogP contribution in [0.2, 0.25) is 0 Å². The van der Waals surface area contributed by atoms with Crippen molar-refractivity contribution in [3.8, 4) is 0 Å². The molecule has 2 heterocycles. The molecule has 0 aliphatic rings. The Bertz CT molecular complexity index is 748. The van der Waals surface area contributed by atoms with Gasteiger partial charge in [-0.2, -0.15) is 0 Å². The molecule has 2 aromatic heterocycles. The molecule has 0 amide bonds. The van der Waals surface area contributed by atoms with E-state index in [9.17, 15) is 0 Å². The molecule has 0 bridgehead atoms. The van der Waals surface area contributed by atoms with Gasteiger partial charge < -0.3 is 5.73 Å². The number of hydrogen-bond acceptors (Lipinski definition) is 2. The number of nitrogens with two attached hydrogens (primary N) is 1. The number of imidazole rings is 1. The predicted molar refractivity (Wildman–Crippen MR) is 80.3 cm³/mol. The SMILES string of the molecule is CC(C)(C)Cc1nc2ccc3ccccc3n2c1N. The van der Waals surface area contributed by atoms with Crippen molar-refractivity contribution in [2.24, 2.45) is 5.41 Å². The van der Waals surface area contributed by atoms with Gasteiger partial charge in [0.2, 0.25) is 0 Å². The van der Waals surface area contributed by atoms with Gasteiger partial charge in [-0.1, -0.05) is 39.0 Å². The van der Waals surface area contributed by atoms with Crippen LogP contribution in [-0.4, -0.2) is 9.38 Å². The van der Waals surface area contributed by atoms with Crippen molar-refractivity contribution in [3.63, 3.8) is 0 Å². The number of hydrogen-bond donors (Lipinski definition) is 1. The monoisotopic (exact) mass is 253 g/mol. The minimum Gasteiger partial charge on any atom is -0.383 e. The van der Waals surface area contributed by atoms with Crippen molar-refractivity contribution in [1.29, 1.82) is 0 Å². The molecule has 0 atom stereocenters. The zero-order valence-corrected chi connectivity index (χ0v) is 11.6. The highest BCUT2D eigenvalue weighted by molar-refractivity contribution is 5.83. The largest absolute Gasteiger partial charge is 0.383 e. The molecule has 0 radical (unpaired) electrons. The lowest BCUT2D eigenvalue weighted by Gasteiger charge is -2.16. The van der Waals surface area contributed by atoms with E-state index in [2.05, 4.69) is 48.4 Å². The molecule has 3 nitrogen and oxygen atoms in total. The number of benzene rings is 1. The minimum absolute atomic E-state index is 0.182. The van der Waals surface area contributed by atoms with Crippen molar-refractivity contribution >= 4 is 22.4 Å². The van der Waals surface area contributed by atoms with Crippen LogP contribution in [0.1, 0.15) is 26.5 Å². The first kappa shape index (κ1) is 12.0. The molecule has 1 aromatic carbocycles. The van der Waals surface area contributed by atoms with E-state index in [4.69, 9.17) is 5.73 Å². The average molecular weight is 253 g/mol. The molecule has 0 saturated heterocycles. The van der Waals surface area contributed by atoms with Gasteiger partial charge in [-0.25, -0.2) is 4.98 Å². The third-order valence-electron chi connectivity index (χ3n) is 3.30. The Morgan fingerprint density at radius 1 is 1.11 bits per heavy atom. The lowest BCUT2D eigenvalue weighted by molar-refractivity contribution is 0.408. The second-order valence-electron chi connectivity index (χ2n) is 6.27. The van der Waals surface area contributed by atoms with Gasteiger partial charge in [0.1, 0.15) is 11.5 Å². The van der Waals surface area contributed by atoms with Crippen LogP contribution in [0.25, 0.3) is 16.6 Å². The van der Waals surface area contributed by atoms with Gasteiger partial charge in [-0.15, -0.1) is 0 Å². The molecule has 0 saturated carbocycles. The number of rotatable bonds is 1. The van der Waals surface area contributed by atoms with Gasteiger partial charge in [0.15, 0.2) is 0 Å². The lowest BCUT2D eigenvalue weighted by Crippen LogP contribution is -2.11. The van der Waals surface area contributed by atoms with E-state index in [1.807, 2.05) is 18.2 Å². The van der Waals surface area contributed by atoms with Gasteiger partial charge in [-0.3, -0.25) is 4.40 Å². The number of nitrogen functional groups attached to an aromatic ring is 1. The quantitative estimate of drug-likeness (QED) is 0.719. The zero-order valence-electron chi connectivity index (χ0n) is 11.6. The van der Waals surface area contributed by atoms with Crippen molar-refractivity contribution in [3.05, 3.63) is 42.1 Å². The number of nitrogens with zero attached hydrogens (tertiary/aromatic N) is 2. The van der Waals surface area contributed by atoms with Crippen molar-refractivity contribution in [1.82, 2.24) is 9.38 Å². The maximum atomic E-state index is 6.31. The molecule has 0 unspecified atom stereocenters. The number of fused-ring (bicyclic) bond motifs is 3. The molecule has 2 N–H and O–H groups in total. The molecule has 0 spiro atoms. The van der Waals surface area contributed by atoms with E-state index in [1.165, 1.54) is 5.39 Å². The Kier molecular flexibility index (Phi) is 2.52. The van der Waals surface area contributed by atoms with Gasteiger partial charge in [0, 0.05) is 0 Å². The molecule has 19 heavy (non-hydrogen) atoms. The summed E-state index contributed by atoms with van der Waals surface area (Å²) in [5, 5.41) is 1.18. The fourth-order valence-electron chi connectivity index (χ4n) is 2.49. The van der Waals surface area contributed by atoms with E-state index in [0.29, 0.717) is 0 Å². The highest BCUT2D eigenvalue weighted by Crippen LogP contribution is 2.27. The smallest absolute Gasteiger partial charge is 0.139 e. The molecule has 98 valence electrons. The van der Waals surface area contributed by atoms with E-state index in [0.717, 1.165) is 29.1 Å². The van der Waals surface area contributed by atoms with Crippen molar-refractivity contribution in [2.75, 3.05) is 5.73 Å². The summed E-state index contributed by atoms with van der Waals surface area (Å²) < 4.78 is 2.05. The van der Waals surface area contributed by atoms with Crippen LogP contribution in [0.3, 0.4) is 0 Å². The molecule has 3 heteroatoms. The standard InChI is InChI=1S/C16H19N3/c1-16(2,3)10-12-15(17)19-13-7-5-4-6-11(13)8-9-14(19)18-12/h4-9H,10,17H2,1-3H3. The molecular formula is C16H19N3. The Hall–Kier alpha value is -2.03. The fourth-order valence-corrected chi connectivity index (χ4v) is 2.49. The highest BCUT2D eigenvalue weighted by atomic mass is 15.1. The number of pyridine rings is 1. The average Bonchev–Trinajstić information content (AvgIpc) is 2.65. The number of aromatic nitrogens is 2. The second-order valence-corrected chi connectivity index (χ2v) is 6.27. The van der Waals surface area contributed by atoms with Crippen LogP contribution in [0.15, 0.2) is 36.4 Å². The van der Waals surface area contributed by atoms with Crippen LogP contribution < -0.4 is 5.73 Å². The zero-order chi connectivity index (χ0) is 13.6. The maximum absolute atomic E-state index is 6.31. The first-order valence-corrected chi connectivity index (χ1v) is 6.60. The van der Waals surface area contributed by atoms with Crippen LogP contribution in [-0.2, 0) is 6.42 Å². The molecule has 0 aliphatic carbocycles. The molecular weight excluding hydrogens is 234 g/mol. The van der Waals surface area contributed by atoms with Gasteiger partial charge in [0.05, 0.1) is 11.2 Å². The molecule has 3 aromatic rings. The Morgan fingerprint density at radius 2 is 1.84 bits per heavy atom. The Balaban J connectivity index is 2.29. The normalized spacial score (nSPS) is 12.4.